The molecule has 7 heteroatoms. The van der Waals surface area contributed by atoms with E-state index in [0.29, 0.717) is 11.4 Å². The molecule has 0 saturated heterocycles. The minimum absolute atomic E-state index is 0.0276. The van der Waals surface area contributed by atoms with Crippen LogP contribution in [0.5, 0.6) is 0 Å². The first-order valence-corrected chi connectivity index (χ1v) is 9.27. The first kappa shape index (κ1) is 20.3. The Labute approximate surface area is 160 Å². The van der Waals surface area contributed by atoms with Crippen molar-refractivity contribution in [2.45, 2.75) is 64.1 Å². The summed E-state index contributed by atoms with van der Waals surface area (Å²) in [5, 5.41) is 9.22. The fourth-order valence-corrected chi connectivity index (χ4v) is 3.53. The van der Waals surface area contributed by atoms with Crippen molar-refractivity contribution in [3.63, 3.8) is 0 Å². The molecular weight excluding hydrogens is 352 g/mol. The highest BCUT2D eigenvalue weighted by Crippen LogP contribution is 2.30. The van der Waals surface area contributed by atoms with E-state index < -0.39 is 5.60 Å². The molecule has 0 aliphatic heterocycles. The largest absolute Gasteiger partial charge is 0.444 e. The summed E-state index contributed by atoms with van der Waals surface area (Å²) in [6.07, 6.45) is 3.72. The lowest BCUT2D eigenvalue weighted by molar-refractivity contribution is 0.0165. The summed E-state index contributed by atoms with van der Waals surface area (Å²) in [4.78, 5) is 20.6. The Morgan fingerprint density at radius 1 is 1.27 bits per heavy atom. The third-order valence-electron chi connectivity index (χ3n) is 4.69. The van der Waals surface area contributed by atoms with Gasteiger partial charge in [0.15, 0.2) is 0 Å². The molecule has 0 spiro atoms. The maximum Gasteiger partial charge on any atom is 0.410 e. The topological polar surface area (TPSA) is 69.5 Å². The Bertz CT molecular complexity index is 696. The normalized spacial score (nSPS) is 20.2. The predicted molar refractivity (Wildman–Crippen MR) is 102 cm³/mol. The number of anilines is 1. The summed E-state index contributed by atoms with van der Waals surface area (Å²) in [6, 6.07) is 5.63. The molecule has 0 aromatic carbocycles. The lowest BCUT2D eigenvalue weighted by Crippen LogP contribution is -2.54. The van der Waals surface area contributed by atoms with Crippen LogP contribution in [0.3, 0.4) is 0 Å². The summed E-state index contributed by atoms with van der Waals surface area (Å²) in [7, 11) is 3.75. The van der Waals surface area contributed by atoms with Crippen LogP contribution in [0.25, 0.3) is 0 Å². The summed E-state index contributed by atoms with van der Waals surface area (Å²) in [5.74, 6) is 0.698. The van der Waals surface area contributed by atoms with Crippen LogP contribution >= 0.6 is 11.6 Å². The zero-order chi connectivity index (χ0) is 19.5. The van der Waals surface area contributed by atoms with Gasteiger partial charge < -0.3 is 14.5 Å². The molecule has 2 rings (SSSR count). The van der Waals surface area contributed by atoms with Crippen LogP contribution in [0.1, 0.15) is 52.0 Å². The number of amides is 1. The monoisotopic (exact) mass is 378 g/mol. The number of aromatic nitrogens is 1. The van der Waals surface area contributed by atoms with Crippen LogP contribution in [0.4, 0.5) is 10.6 Å². The highest BCUT2D eigenvalue weighted by Gasteiger charge is 2.35. The number of likely N-dealkylation sites (N-methyl/N-ethyl adjacent to an activating group) is 2. The number of halogens is 1. The molecule has 1 fully saturated rings. The Balaban J connectivity index is 2.21. The van der Waals surface area contributed by atoms with Gasteiger partial charge >= 0.3 is 6.09 Å². The van der Waals surface area contributed by atoms with Gasteiger partial charge in [-0.3, -0.25) is 0 Å². The van der Waals surface area contributed by atoms with E-state index in [1.54, 1.807) is 24.1 Å². The van der Waals surface area contributed by atoms with Gasteiger partial charge in [0, 0.05) is 14.1 Å². The van der Waals surface area contributed by atoms with E-state index >= 15 is 0 Å². The van der Waals surface area contributed by atoms with Crippen molar-refractivity contribution in [3.8, 4) is 6.07 Å². The average Bonchev–Trinajstić information content (AvgIpc) is 2.59. The molecule has 1 aromatic heterocycles. The molecule has 1 aromatic rings. The summed E-state index contributed by atoms with van der Waals surface area (Å²) in [5.41, 5.74) is -0.168. The van der Waals surface area contributed by atoms with Crippen LogP contribution in [0.15, 0.2) is 12.1 Å². The van der Waals surface area contributed by atoms with E-state index in [1.165, 1.54) is 0 Å². The van der Waals surface area contributed by atoms with Crippen molar-refractivity contribution in [1.82, 2.24) is 9.88 Å². The second-order valence-corrected chi connectivity index (χ2v) is 8.10. The third-order valence-corrected chi connectivity index (χ3v) is 4.97. The first-order chi connectivity index (χ1) is 12.1. The second kappa shape index (κ2) is 8.13. The van der Waals surface area contributed by atoms with Gasteiger partial charge in [-0.25, -0.2) is 9.78 Å². The number of hydrogen-bond donors (Lipinski definition) is 0. The molecule has 1 saturated carbocycles. The molecule has 142 valence electrons. The van der Waals surface area contributed by atoms with Crippen LogP contribution < -0.4 is 4.90 Å². The number of rotatable bonds is 3. The Morgan fingerprint density at radius 3 is 2.42 bits per heavy atom. The van der Waals surface area contributed by atoms with Crippen LogP contribution in [-0.4, -0.2) is 47.8 Å². The standard InChI is InChI=1S/C19H27ClN4O2/c1-19(2,3)26-18(25)24(5)15-9-7-6-8-14(15)23(4)16-11-10-13(12-21)17(20)22-16/h10-11,14-15H,6-9H2,1-5H3. The minimum atomic E-state index is -0.524. The number of carbonyl (C=O) groups is 1. The molecule has 6 nitrogen and oxygen atoms in total. The van der Waals surface area contributed by atoms with Crippen LogP contribution in [0.2, 0.25) is 5.15 Å². The van der Waals surface area contributed by atoms with E-state index in [2.05, 4.69) is 9.88 Å². The summed E-state index contributed by atoms with van der Waals surface area (Å²) in [6.45, 7) is 5.60. The number of carbonyl (C=O) groups excluding carboxylic acids is 1. The number of pyridine rings is 1. The molecule has 2 unspecified atom stereocenters. The molecule has 2 atom stereocenters. The van der Waals surface area contributed by atoms with Crippen LogP contribution in [0, 0.1) is 11.3 Å². The van der Waals surface area contributed by atoms with Crippen molar-refractivity contribution in [2.24, 2.45) is 0 Å². The predicted octanol–water partition coefficient (Wildman–Crippen LogP) is 4.22. The Morgan fingerprint density at radius 2 is 1.88 bits per heavy atom. The molecule has 1 aliphatic carbocycles. The molecule has 1 aliphatic rings. The van der Waals surface area contributed by atoms with Gasteiger partial charge in [0.2, 0.25) is 0 Å². The molecule has 0 bridgehead atoms. The van der Waals surface area contributed by atoms with E-state index in [-0.39, 0.29) is 23.3 Å². The lowest BCUT2D eigenvalue weighted by atomic mass is 9.88. The summed E-state index contributed by atoms with van der Waals surface area (Å²) < 4.78 is 5.53. The van der Waals surface area contributed by atoms with Crippen molar-refractivity contribution < 1.29 is 9.53 Å². The van der Waals surface area contributed by atoms with Crippen molar-refractivity contribution in [1.29, 1.82) is 5.26 Å². The molecular formula is C19H27ClN4O2. The van der Waals surface area contributed by atoms with Crippen molar-refractivity contribution >= 4 is 23.5 Å². The lowest BCUT2D eigenvalue weighted by Gasteiger charge is -2.43. The van der Waals surface area contributed by atoms with E-state index in [1.807, 2.05) is 33.9 Å². The van der Waals surface area contributed by atoms with Gasteiger partial charge in [-0.2, -0.15) is 5.26 Å². The van der Waals surface area contributed by atoms with Crippen molar-refractivity contribution in [3.05, 3.63) is 22.8 Å². The highest BCUT2D eigenvalue weighted by atomic mass is 35.5. The maximum atomic E-state index is 12.5. The van der Waals surface area contributed by atoms with E-state index in [4.69, 9.17) is 21.6 Å². The Hall–Kier alpha value is -2.00. The first-order valence-electron chi connectivity index (χ1n) is 8.89. The van der Waals surface area contributed by atoms with Gasteiger partial charge in [0.25, 0.3) is 0 Å². The zero-order valence-electron chi connectivity index (χ0n) is 16.1. The number of nitriles is 1. The quantitative estimate of drug-likeness (QED) is 0.736. The molecule has 1 amide bonds. The van der Waals surface area contributed by atoms with E-state index in [0.717, 1.165) is 25.7 Å². The summed E-state index contributed by atoms with van der Waals surface area (Å²) >= 11 is 6.09. The number of nitrogens with zero attached hydrogens (tertiary/aromatic N) is 4. The fraction of sp³-hybridized carbons (Fsp3) is 0.632. The maximum absolute atomic E-state index is 12.5. The van der Waals surface area contributed by atoms with Gasteiger partial charge in [-0.15, -0.1) is 0 Å². The minimum Gasteiger partial charge on any atom is -0.444 e. The molecule has 0 N–H and O–H groups in total. The molecule has 1 heterocycles. The Kier molecular flexibility index (Phi) is 6.35. The van der Waals surface area contributed by atoms with E-state index in [9.17, 15) is 4.79 Å². The second-order valence-electron chi connectivity index (χ2n) is 7.74. The smallest absolute Gasteiger partial charge is 0.410 e. The van der Waals surface area contributed by atoms with Gasteiger partial charge in [0.05, 0.1) is 17.6 Å². The zero-order valence-corrected chi connectivity index (χ0v) is 16.9. The number of hydrogen-bond acceptors (Lipinski definition) is 5. The van der Waals surface area contributed by atoms with Gasteiger partial charge in [-0.05, 0) is 45.7 Å². The fourth-order valence-electron chi connectivity index (χ4n) is 3.34. The molecule has 26 heavy (non-hydrogen) atoms. The molecule has 0 radical (unpaired) electrons. The SMILES string of the molecule is CN(C(=O)OC(C)(C)C)C1CCCCC1N(C)c1ccc(C#N)c(Cl)n1. The highest BCUT2D eigenvalue weighted by molar-refractivity contribution is 6.30. The third kappa shape index (κ3) is 4.79. The number of ether oxygens (including phenoxy) is 1. The van der Waals surface area contributed by atoms with Gasteiger partial charge in [0.1, 0.15) is 22.6 Å². The van der Waals surface area contributed by atoms with Crippen LogP contribution in [-0.2, 0) is 4.74 Å². The average molecular weight is 379 g/mol. The van der Waals surface area contributed by atoms with Crippen molar-refractivity contribution in [2.75, 3.05) is 19.0 Å². The van der Waals surface area contributed by atoms with Gasteiger partial charge in [-0.1, -0.05) is 24.4 Å².